The Labute approximate surface area is 196 Å². The average Bonchev–Trinajstić information content (AvgIpc) is 3.24. The predicted molar refractivity (Wildman–Crippen MR) is 125 cm³/mol. The summed E-state index contributed by atoms with van der Waals surface area (Å²) in [7, 11) is 0. The molecule has 5 heterocycles. The summed E-state index contributed by atoms with van der Waals surface area (Å²) in [5, 5.41) is 0. The maximum atomic E-state index is 14.7. The lowest BCUT2D eigenvalue weighted by Gasteiger charge is -2.46. The van der Waals surface area contributed by atoms with Gasteiger partial charge in [-0.25, -0.2) is 19.3 Å². The lowest BCUT2D eigenvalue weighted by atomic mass is 9.84. The molecule has 2 unspecified atom stereocenters. The van der Waals surface area contributed by atoms with Gasteiger partial charge in [-0.2, -0.15) is 4.98 Å². The van der Waals surface area contributed by atoms with Crippen molar-refractivity contribution >= 4 is 17.0 Å². The molecule has 2 saturated heterocycles. The number of piperidine rings is 1. The Bertz CT molecular complexity index is 1330. The van der Waals surface area contributed by atoms with E-state index in [0.29, 0.717) is 41.3 Å². The van der Waals surface area contributed by atoms with Crippen LogP contribution in [0.4, 0.5) is 10.3 Å². The number of ether oxygens (including phenoxy) is 2. The van der Waals surface area contributed by atoms with Crippen LogP contribution in [0.3, 0.4) is 0 Å². The van der Waals surface area contributed by atoms with Crippen LogP contribution in [0.5, 0.6) is 5.88 Å². The van der Waals surface area contributed by atoms with Crippen LogP contribution in [0.25, 0.3) is 22.2 Å². The minimum absolute atomic E-state index is 0.0589. The Morgan fingerprint density at radius 2 is 1.76 bits per heavy atom. The number of benzene rings is 1. The second kappa shape index (κ2) is 8.32. The predicted octanol–water partition coefficient (Wildman–Crippen LogP) is 3.70. The third kappa shape index (κ3) is 3.66. The van der Waals surface area contributed by atoms with E-state index in [-0.39, 0.29) is 23.8 Å². The van der Waals surface area contributed by atoms with Gasteiger partial charge in [-0.15, -0.1) is 0 Å². The SMILES string of the molecule is Cc1cnc(N2CC3COCC(C2)C3Oc2ncnc3c(-c4ccc(C)cc4F)c[nH]c23)nc1. The lowest BCUT2D eigenvalue weighted by Crippen LogP contribution is -2.58. The van der Waals surface area contributed by atoms with Crippen LogP contribution >= 0.6 is 0 Å². The molecule has 2 atom stereocenters. The summed E-state index contributed by atoms with van der Waals surface area (Å²) in [6, 6.07) is 5.20. The molecule has 9 heteroatoms. The Kier molecular flexibility index (Phi) is 5.13. The van der Waals surface area contributed by atoms with Crippen molar-refractivity contribution in [3.05, 3.63) is 60.1 Å². The van der Waals surface area contributed by atoms with Crippen LogP contribution in [-0.4, -0.2) is 57.3 Å². The van der Waals surface area contributed by atoms with Gasteiger partial charge >= 0.3 is 0 Å². The first kappa shape index (κ1) is 21.0. The molecule has 8 nitrogen and oxygen atoms in total. The largest absolute Gasteiger partial charge is 0.472 e. The highest BCUT2D eigenvalue weighted by Crippen LogP contribution is 2.36. The number of rotatable bonds is 4. The molecule has 0 spiro atoms. The molecule has 0 radical (unpaired) electrons. The van der Waals surface area contributed by atoms with Gasteiger partial charge in [-0.05, 0) is 31.0 Å². The molecule has 3 aromatic heterocycles. The molecule has 2 aliphatic rings. The summed E-state index contributed by atoms with van der Waals surface area (Å²) in [5.41, 5.74) is 4.40. The molecule has 2 fully saturated rings. The normalized spacial score (nSPS) is 22.2. The van der Waals surface area contributed by atoms with E-state index in [1.54, 1.807) is 12.3 Å². The van der Waals surface area contributed by atoms with Crippen molar-refractivity contribution in [3.63, 3.8) is 0 Å². The molecule has 0 amide bonds. The number of aromatic nitrogens is 5. The number of halogens is 1. The van der Waals surface area contributed by atoms with Gasteiger partial charge in [0.2, 0.25) is 11.8 Å². The minimum Gasteiger partial charge on any atom is -0.472 e. The number of H-pyrrole nitrogens is 1. The molecule has 34 heavy (non-hydrogen) atoms. The van der Waals surface area contributed by atoms with Gasteiger partial charge in [0.05, 0.1) is 13.2 Å². The van der Waals surface area contributed by atoms with Gasteiger partial charge in [0, 0.05) is 54.6 Å². The molecule has 6 rings (SSSR count). The zero-order valence-corrected chi connectivity index (χ0v) is 19.0. The Morgan fingerprint density at radius 1 is 1.00 bits per heavy atom. The van der Waals surface area contributed by atoms with Crippen molar-refractivity contribution in [1.29, 1.82) is 0 Å². The van der Waals surface area contributed by atoms with Gasteiger partial charge < -0.3 is 19.4 Å². The monoisotopic (exact) mass is 460 g/mol. The zero-order valence-electron chi connectivity index (χ0n) is 19.0. The van der Waals surface area contributed by atoms with Crippen LogP contribution in [-0.2, 0) is 4.74 Å². The van der Waals surface area contributed by atoms with E-state index in [1.165, 1.54) is 12.4 Å². The van der Waals surface area contributed by atoms with Crippen molar-refractivity contribution in [1.82, 2.24) is 24.9 Å². The standard InChI is InChI=1S/C25H25FN6O2/c1-14-3-4-18(20(26)5-14)19-8-27-22-21(19)30-13-31-24(22)34-23-16-9-32(10-17(23)12-33-11-16)25-28-6-15(2)7-29-25/h3-8,13,16-17,23,27H,9-12H2,1-2H3. The lowest BCUT2D eigenvalue weighted by molar-refractivity contribution is -0.0765. The third-order valence-electron chi connectivity index (χ3n) is 6.64. The van der Waals surface area contributed by atoms with Crippen molar-refractivity contribution in [2.45, 2.75) is 20.0 Å². The summed E-state index contributed by atoms with van der Waals surface area (Å²) in [4.78, 5) is 23.3. The molecule has 2 bridgehead atoms. The van der Waals surface area contributed by atoms with Crippen LogP contribution in [0.15, 0.2) is 43.1 Å². The summed E-state index contributed by atoms with van der Waals surface area (Å²) < 4.78 is 27.0. The zero-order chi connectivity index (χ0) is 23.2. The van der Waals surface area contributed by atoms with E-state index in [9.17, 15) is 4.39 Å². The quantitative estimate of drug-likeness (QED) is 0.497. The van der Waals surface area contributed by atoms with E-state index in [0.717, 1.165) is 30.2 Å². The van der Waals surface area contributed by atoms with Gasteiger partial charge in [0.25, 0.3) is 0 Å². The van der Waals surface area contributed by atoms with Crippen molar-refractivity contribution < 1.29 is 13.9 Å². The number of aromatic amines is 1. The third-order valence-corrected chi connectivity index (χ3v) is 6.64. The number of anilines is 1. The average molecular weight is 461 g/mol. The van der Waals surface area contributed by atoms with E-state index in [1.807, 2.05) is 32.3 Å². The second-order valence-electron chi connectivity index (χ2n) is 9.19. The molecule has 1 N–H and O–H groups in total. The first-order chi connectivity index (χ1) is 16.6. The molecular weight excluding hydrogens is 435 g/mol. The summed E-state index contributed by atoms with van der Waals surface area (Å²) in [6.45, 7) is 6.53. The van der Waals surface area contributed by atoms with Crippen LogP contribution in [0, 0.1) is 31.5 Å². The highest BCUT2D eigenvalue weighted by atomic mass is 19.1. The van der Waals surface area contributed by atoms with E-state index < -0.39 is 0 Å². The van der Waals surface area contributed by atoms with Crippen LogP contribution in [0.1, 0.15) is 11.1 Å². The number of fused-ring (bicyclic) bond motifs is 3. The molecule has 0 saturated carbocycles. The van der Waals surface area contributed by atoms with Crippen LogP contribution < -0.4 is 9.64 Å². The number of aryl methyl sites for hydroxylation is 2. The fourth-order valence-electron chi connectivity index (χ4n) is 4.98. The van der Waals surface area contributed by atoms with Crippen LogP contribution in [0.2, 0.25) is 0 Å². The van der Waals surface area contributed by atoms with E-state index in [2.05, 4.69) is 29.8 Å². The number of nitrogens with one attached hydrogen (secondary N) is 1. The second-order valence-corrected chi connectivity index (χ2v) is 9.19. The Hall–Kier alpha value is -3.59. The van der Waals surface area contributed by atoms with E-state index >= 15 is 0 Å². The topological polar surface area (TPSA) is 89.0 Å². The molecule has 174 valence electrons. The van der Waals surface area contributed by atoms with Gasteiger partial charge in [0.15, 0.2) is 0 Å². The summed E-state index contributed by atoms with van der Waals surface area (Å²) >= 11 is 0. The Balaban J connectivity index is 1.28. The molecule has 0 aliphatic carbocycles. The van der Waals surface area contributed by atoms with Crippen molar-refractivity contribution in [2.75, 3.05) is 31.2 Å². The highest BCUT2D eigenvalue weighted by molar-refractivity contribution is 5.94. The highest BCUT2D eigenvalue weighted by Gasteiger charge is 2.43. The maximum absolute atomic E-state index is 14.7. The molecule has 2 aliphatic heterocycles. The Morgan fingerprint density at radius 3 is 2.50 bits per heavy atom. The summed E-state index contributed by atoms with van der Waals surface area (Å²) in [6.07, 6.45) is 6.86. The summed E-state index contributed by atoms with van der Waals surface area (Å²) in [5.74, 6) is 1.22. The molecular formula is C25H25FN6O2. The van der Waals surface area contributed by atoms with Gasteiger partial charge in [-0.3, -0.25) is 0 Å². The van der Waals surface area contributed by atoms with Gasteiger partial charge in [-0.1, -0.05) is 12.1 Å². The molecule has 1 aromatic carbocycles. The molecule has 4 aromatic rings. The fourth-order valence-corrected chi connectivity index (χ4v) is 4.98. The number of hydrogen-bond acceptors (Lipinski definition) is 7. The van der Waals surface area contributed by atoms with Crippen molar-refractivity contribution in [3.8, 4) is 17.0 Å². The van der Waals surface area contributed by atoms with Gasteiger partial charge in [0.1, 0.15) is 29.3 Å². The van der Waals surface area contributed by atoms with Crippen molar-refractivity contribution in [2.24, 2.45) is 11.8 Å². The number of nitrogens with zero attached hydrogens (tertiary/aromatic N) is 5. The first-order valence-corrected chi connectivity index (χ1v) is 11.4. The number of hydrogen-bond donors (Lipinski definition) is 1. The fraction of sp³-hybridized carbons (Fsp3) is 0.360. The minimum atomic E-state index is -0.278. The first-order valence-electron chi connectivity index (χ1n) is 11.4. The maximum Gasteiger partial charge on any atom is 0.241 e. The smallest absolute Gasteiger partial charge is 0.241 e. The van der Waals surface area contributed by atoms with E-state index in [4.69, 9.17) is 9.47 Å².